The van der Waals surface area contributed by atoms with Gasteiger partial charge >= 0.3 is 0 Å². The van der Waals surface area contributed by atoms with E-state index < -0.39 is 31.7 Å². The van der Waals surface area contributed by atoms with Crippen LogP contribution in [0.4, 0.5) is 5.69 Å². The van der Waals surface area contributed by atoms with Crippen LogP contribution < -0.4 is 4.31 Å². The standard InChI is InChI=1S/C29H33NO5S2/c1-22-9-15-25(16-10-22)30(36(31,32)26-17-11-23(2)12-18-26)21-7-8-28(29(4,5)6)35-37(33,34)27-19-13-24(3)14-20-27/h9-20,28H,21H2,1-6H3. The summed E-state index contributed by atoms with van der Waals surface area (Å²) in [6.45, 7) is 10.9. The van der Waals surface area contributed by atoms with Crippen LogP contribution in [0, 0.1) is 38.0 Å². The highest BCUT2D eigenvalue weighted by molar-refractivity contribution is 7.92. The van der Waals surface area contributed by atoms with E-state index in [0.717, 1.165) is 16.7 Å². The van der Waals surface area contributed by atoms with E-state index in [-0.39, 0.29) is 16.3 Å². The second kappa shape index (κ2) is 11.1. The molecule has 0 amide bonds. The van der Waals surface area contributed by atoms with E-state index in [1.165, 1.54) is 16.4 Å². The first-order chi connectivity index (χ1) is 17.2. The van der Waals surface area contributed by atoms with Crippen LogP contribution in [0.25, 0.3) is 0 Å². The molecule has 0 N–H and O–H groups in total. The third-order valence-corrected chi connectivity index (χ3v) is 8.79. The lowest BCUT2D eigenvalue weighted by atomic mass is 9.89. The van der Waals surface area contributed by atoms with Gasteiger partial charge in [-0.15, -0.1) is 0 Å². The molecule has 3 aromatic rings. The molecule has 0 aliphatic heterocycles. The van der Waals surface area contributed by atoms with Crippen LogP contribution in [0.3, 0.4) is 0 Å². The molecule has 3 rings (SSSR count). The van der Waals surface area contributed by atoms with E-state index in [9.17, 15) is 16.8 Å². The number of hydrogen-bond donors (Lipinski definition) is 0. The second-order valence-corrected chi connectivity index (χ2v) is 13.5. The molecule has 0 saturated carbocycles. The van der Waals surface area contributed by atoms with Gasteiger partial charge in [-0.25, -0.2) is 12.6 Å². The number of aryl methyl sites for hydroxylation is 3. The van der Waals surface area contributed by atoms with Crippen molar-refractivity contribution in [2.24, 2.45) is 5.41 Å². The van der Waals surface area contributed by atoms with Crippen molar-refractivity contribution < 1.29 is 21.0 Å². The molecule has 3 aromatic carbocycles. The zero-order valence-corrected chi connectivity index (χ0v) is 23.7. The van der Waals surface area contributed by atoms with Crippen molar-refractivity contribution >= 4 is 25.8 Å². The Morgan fingerprint density at radius 2 is 1.16 bits per heavy atom. The van der Waals surface area contributed by atoms with Gasteiger partial charge in [0.2, 0.25) is 0 Å². The first kappa shape index (κ1) is 28.5. The summed E-state index contributed by atoms with van der Waals surface area (Å²) in [5.74, 6) is 5.77. The lowest BCUT2D eigenvalue weighted by Gasteiger charge is -2.26. The van der Waals surface area contributed by atoms with E-state index in [1.807, 2.05) is 53.7 Å². The Hall–Kier alpha value is -3.12. The molecule has 6 nitrogen and oxygen atoms in total. The monoisotopic (exact) mass is 539 g/mol. The summed E-state index contributed by atoms with van der Waals surface area (Å²) in [6.07, 6.45) is -0.999. The Labute approximate surface area is 221 Å². The van der Waals surface area contributed by atoms with Crippen LogP contribution in [0.2, 0.25) is 0 Å². The van der Waals surface area contributed by atoms with Crippen LogP contribution in [0.5, 0.6) is 0 Å². The maximum Gasteiger partial charge on any atom is 0.298 e. The number of sulfonamides is 1. The van der Waals surface area contributed by atoms with Gasteiger partial charge < -0.3 is 0 Å². The maximum absolute atomic E-state index is 13.6. The minimum Gasteiger partial charge on any atom is -0.254 e. The first-order valence-corrected chi connectivity index (χ1v) is 14.7. The lowest BCUT2D eigenvalue weighted by molar-refractivity contribution is 0.143. The normalized spacial score (nSPS) is 12.9. The van der Waals surface area contributed by atoms with Crippen molar-refractivity contribution in [1.29, 1.82) is 0 Å². The number of rotatable bonds is 7. The number of anilines is 1. The summed E-state index contributed by atoms with van der Waals surface area (Å²) in [5, 5.41) is 0. The summed E-state index contributed by atoms with van der Waals surface area (Å²) in [4.78, 5) is 0.184. The number of nitrogens with zero attached hydrogens (tertiary/aromatic N) is 1. The molecule has 0 aromatic heterocycles. The topological polar surface area (TPSA) is 80.8 Å². The molecule has 196 valence electrons. The summed E-state index contributed by atoms with van der Waals surface area (Å²) in [5.41, 5.74) is 2.67. The van der Waals surface area contributed by atoms with Gasteiger partial charge in [0.05, 0.1) is 22.0 Å². The largest absolute Gasteiger partial charge is 0.298 e. The van der Waals surface area contributed by atoms with E-state index in [4.69, 9.17) is 4.18 Å². The van der Waals surface area contributed by atoms with Crippen molar-refractivity contribution in [2.45, 2.75) is 57.4 Å². The average Bonchev–Trinajstić information content (AvgIpc) is 2.81. The fourth-order valence-electron chi connectivity index (χ4n) is 3.35. The molecule has 0 aliphatic carbocycles. The van der Waals surface area contributed by atoms with Gasteiger partial charge in [0, 0.05) is 5.41 Å². The molecule has 0 heterocycles. The average molecular weight is 540 g/mol. The molecule has 0 fully saturated rings. The van der Waals surface area contributed by atoms with Crippen molar-refractivity contribution in [3.8, 4) is 11.8 Å². The fraction of sp³-hybridized carbons (Fsp3) is 0.310. The zero-order valence-electron chi connectivity index (χ0n) is 22.0. The second-order valence-electron chi connectivity index (χ2n) is 10.1. The third-order valence-electron chi connectivity index (χ3n) is 5.71. The van der Waals surface area contributed by atoms with Crippen LogP contribution in [0.1, 0.15) is 37.5 Å². The molecule has 37 heavy (non-hydrogen) atoms. The summed E-state index contributed by atoms with van der Waals surface area (Å²) >= 11 is 0. The van der Waals surface area contributed by atoms with Gasteiger partial charge in [0.25, 0.3) is 20.1 Å². The molecule has 0 radical (unpaired) electrons. The molecule has 0 aliphatic rings. The predicted octanol–water partition coefficient (Wildman–Crippen LogP) is 5.63. The van der Waals surface area contributed by atoms with Crippen LogP contribution >= 0.6 is 0 Å². The molecule has 8 heteroatoms. The Kier molecular flexibility index (Phi) is 8.53. The van der Waals surface area contributed by atoms with Gasteiger partial charge in [-0.05, 0) is 57.2 Å². The smallest absolute Gasteiger partial charge is 0.254 e. The number of hydrogen-bond acceptors (Lipinski definition) is 5. The van der Waals surface area contributed by atoms with Crippen molar-refractivity contribution in [3.05, 3.63) is 89.5 Å². The minimum atomic E-state index is -4.08. The first-order valence-electron chi connectivity index (χ1n) is 11.8. The Morgan fingerprint density at radius 3 is 1.62 bits per heavy atom. The molecule has 0 spiro atoms. The maximum atomic E-state index is 13.6. The molecular weight excluding hydrogens is 506 g/mol. The van der Waals surface area contributed by atoms with Gasteiger partial charge in [0.15, 0.2) is 0 Å². The van der Waals surface area contributed by atoms with Gasteiger partial charge in [-0.3, -0.25) is 4.31 Å². The van der Waals surface area contributed by atoms with Gasteiger partial charge in [0.1, 0.15) is 6.10 Å². The van der Waals surface area contributed by atoms with E-state index in [0.29, 0.717) is 5.69 Å². The summed E-state index contributed by atoms with van der Waals surface area (Å²) in [7, 11) is -8.00. The highest BCUT2D eigenvalue weighted by Gasteiger charge is 2.30. The van der Waals surface area contributed by atoms with E-state index in [2.05, 4.69) is 11.8 Å². The van der Waals surface area contributed by atoms with Crippen LogP contribution in [-0.2, 0) is 24.3 Å². The predicted molar refractivity (Wildman–Crippen MR) is 147 cm³/mol. The molecule has 0 saturated heterocycles. The SMILES string of the molecule is Cc1ccc(N(CC#CC(OS(=O)(=O)c2ccc(C)cc2)C(C)(C)C)S(=O)(=O)c2ccc(C)cc2)cc1. The van der Waals surface area contributed by atoms with E-state index in [1.54, 1.807) is 48.5 Å². The molecular formula is C29H33NO5S2. The highest BCUT2D eigenvalue weighted by Crippen LogP contribution is 2.27. The lowest BCUT2D eigenvalue weighted by Crippen LogP contribution is -2.33. The Balaban J connectivity index is 1.96. The van der Waals surface area contributed by atoms with Crippen molar-refractivity contribution in [2.75, 3.05) is 10.8 Å². The molecule has 1 atom stereocenters. The Morgan fingerprint density at radius 1 is 0.730 bits per heavy atom. The van der Waals surface area contributed by atoms with E-state index >= 15 is 0 Å². The number of benzene rings is 3. The van der Waals surface area contributed by atoms with Crippen molar-refractivity contribution in [3.63, 3.8) is 0 Å². The highest BCUT2D eigenvalue weighted by atomic mass is 32.2. The quantitative estimate of drug-likeness (QED) is 0.287. The summed E-state index contributed by atoms with van der Waals surface area (Å²) < 4.78 is 59.8. The van der Waals surface area contributed by atoms with Crippen molar-refractivity contribution in [1.82, 2.24) is 0 Å². The third kappa shape index (κ3) is 7.22. The molecule has 1 unspecified atom stereocenters. The van der Waals surface area contributed by atoms with Crippen LogP contribution in [0.15, 0.2) is 82.6 Å². The fourth-order valence-corrected chi connectivity index (χ4v) is 5.88. The Bertz CT molecular complexity index is 1490. The van der Waals surface area contributed by atoms with Crippen LogP contribution in [-0.4, -0.2) is 29.5 Å². The zero-order chi connectivity index (χ0) is 27.4. The van der Waals surface area contributed by atoms with Gasteiger partial charge in [-0.2, -0.15) is 8.42 Å². The summed E-state index contributed by atoms with van der Waals surface area (Å²) in [6, 6.07) is 20.1. The molecule has 0 bridgehead atoms. The minimum absolute atomic E-state index is 0.0392. The van der Waals surface area contributed by atoms with Gasteiger partial charge in [-0.1, -0.05) is 85.7 Å².